The Hall–Kier alpha value is 0.290. The van der Waals surface area contributed by atoms with Crippen molar-refractivity contribution < 1.29 is 0 Å². The number of halogens is 1. The molecule has 0 aromatic rings. The van der Waals surface area contributed by atoms with Crippen molar-refractivity contribution in [2.75, 3.05) is 5.88 Å². The molecule has 0 saturated carbocycles. The van der Waals surface area contributed by atoms with Crippen molar-refractivity contribution in [3.05, 3.63) is 0 Å². The molecule has 0 aliphatic carbocycles. The summed E-state index contributed by atoms with van der Waals surface area (Å²) in [5.74, 6) is 3.15. The van der Waals surface area contributed by atoms with Gasteiger partial charge in [0.2, 0.25) is 0 Å². The van der Waals surface area contributed by atoms with Gasteiger partial charge in [-0.25, -0.2) is 0 Å². The molecule has 0 aromatic heterocycles. The first-order valence-electron chi connectivity index (χ1n) is 5.17. The lowest BCUT2D eigenvalue weighted by Gasteiger charge is -2.22. The lowest BCUT2D eigenvalue weighted by molar-refractivity contribution is 0.310. The Morgan fingerprint density at radius 1 is 1.17 bits per heavy atom. The lowest BCUT2D eigenvalue weighted by Crippen LogP contribution is -2.15. The maximum atomic E-state index is 5.94. The van der Waals surface area contributed by atoms with E-state index in [2.05, 4.69) is 27.7 Å². The standard InChI is InChI=1S/C11H23Cl/c1-5-6-10(4)11(8-12)7-9(2)3/h9-11H,5-8H2,1-4H3. The predicted molar refractivity (Wildman–Crippen MR) is 57.7 cm³/mol. The van der Waals surface area contributed by atoms with Gasteiger partial charge in [-0.3, -0.25) is 0 Å². The highest BCUT2D eigenvalue weighted by Gasteiger charge is 2.16. The molecule has 2 atom stereocenters. The number of alkyl halides is 1. The van der Waals surface area contributed by atoms with E-state index in [0.717, 1.165) is 23.6 Å². The minimum atomic E-state index is 0.728. The quantitative estimate of drug-likeness (QED) is 0.548. The third-order valence-electron chi connectivity index (χ3n) is 2.52. The maximum absolute atomic E-state index is 5.94. The van der Waals surface area contributed by atoms with E-state index in [1.165, 1.54) is 19.3 Å². The maximum Gasteiger partial charge on any atom is 0.0254 e. The van der Waals surface area contributed by atoms with Gasteiger partial charge < -0.3 is 0 Å². The summed E-state index contributed by atoms with van der Waals surface area (Å²) in [5.41, 5.74) is 0. The Bertz CT molecular complexity index is 99.2. The van der Waals surface area contributed by atoms with Crippen LogP contribution in [-0.2, 0) is 0 Å². The van der Waals surface area contributed by atoms with Crippen LogP contribution in [0.3, 0.4) is 0 Å². The van der Waals surface area contributed by atoms with E-state index in [1.807, 2.05) is 0 Å². The molecule has 0 radical (unpaired) electrons. The number of hydrogen-bond acceptors (Lipinski definition) is 0. The second-order valence-electron chi connectivity index (χ2n) is 4.31. The summed E-state index contributed by atoms with van der Waals surface area (Å²) in [4.78, 5) is 0. The highest BCUT2D eigenvalue weighted by molar-refractivity contribution is 6.18. The molecule has 0 rings (SSSR count). The van der Waals surface area contributed by atoms with Crippen LogP contribution in [0.1, 0.15) is 47.0 Å². The third kappa shape index (κ3) is 5.03. The van der Waals surface area contributed by atoms with Crippen LogP contribution < -0.4 is 0 Å². The van der Waals surface area contributed by atoms with E-state index in [4.69, 9.17) is 11.6 Å². The third-order valence-corrected chi connectivity index (χ3v) is 2.92. The second-order valence-corrected chi connectivity index (χ2v) is 4.62. The molecule has 0 spiro atoms. The van der Waals surface area contributed by atoms with Gasteiger partial charge in [0.05, 0.1) is 0 Å². The zero-order valence-electron chi connectivity index (χ0n) is 8.94. The van der Waals surface area contributed by atoms with Crippen molar-refractivity contribution in [1.29, 1.82) is 0 Å². The summed E-state index contributed by atoms with van der Waals surface area (Å²) in [6, 6.07) is 0. The monoisotopic (exact) mass is 190 g/mol. The van der Waals surface area contributed by atoms with E-state index in [1.54, 1.807) is 0 Å². The molecule has 0 saturated heterocycles. The number of hydrogen-bond donors (Lipinski definition) is 0. The Morgan fingerprint density at radius 2 is 1.75 bits per heavy atom. The molecule has 0 aliphatic rings. The van der Waals surface area contributed by atoms with Crippen LogP contribution >= 0.6 is 11.6 Å². The van der Waals surface area contributed by atoms with E-state index >= 15 is 0 Å². The van der Waals surface area contributed by atoms with Gasteiger partial charge in [-0.1, -0.05) is 40.5 Å². The molecule has 0 aliphatic heterocycles. The van der Waals surface area contributed by atoms with Crippen LogP contribution in [0.4, 0.5) is 0 Å². The fraction of sp³-hybridized carbons (Fsp3) is 1.00. The molecule has 0 heterocycles. The van der Waals surface area contributed by atoms with Crippen LogP contribution in [0.25, 0.3) is 0 Å². The summed E-state index contributed by atoms with van der Waals surface area (Å²) in [7, 11) is 0. The highest BCUT2D eigenvalue weighted by atomic mass is 35.5. The van der Waals surface area contributed by atoms with Crippen molar-refractivity contribution in [1.82, 2.24) is 0 Å². The average Bonchev–Trinajstić information content (AvgIpc) is 2.00. The summed E-state index contributed by atoms with van der Waals surface area (Å²) in [6.07, 6.45) is 3.89. The van der Waals surface area contributed by atoms with Crippen molar-refractivity contribution in [2.24, 2.45) is 17.8 Å². The van der Waals surface area contributed by atoms with Crippen LogP contribution in [0.15, 0.2) is 0 Å². The van der Waals surface area contributed by atoms with E-state index in [0.29, 0.717) is 0 Å². The number of rotatable bonds is 6. The Balaban J connectivity index is 3.78. The van der Waals surface area contributed by atoms with Crippen molar-refractivity contribution in [3.8, 4) is 0 Å². The summed E-state index contributed by atoms with van der Waals surface area (Å²) >= 11 is 5.94. The molecule has 0 aromatic carbocycles. The van der Waals surface area contributed by atoms with Crippen molar-refractivity contribution in [2.45, 2.75) is 47.0 Å². The summed E-state index contributed by atoms with van der Waals surface area (Å²) < 4.78 is 0. The molecule has 1 heteroatoms. The summed E-state index contributed by atoms with van der Waals surface area (Å²) in [6.45, 7) is 9.13. The molecule has 12 heavy (non-hydrogen) atoms. The van der Waals surface area contributed by atoms with Gasteiger partial charge in [0.15, 0.2) is 0 Å². The van der Waals surface area contributed by atoms with Crippen molar-refractivity contribution in [3.63, 3.8) is 0 Å². The normalized spacial score (nSPS) is 16.5. The summed E-state index contributed by atoms with van der Waals surface area (Å²) in [5, 5.41) is 0. The van der Waals surface area contributed by atoms with Gasteiger partial charge in [0, 0.05) is 5.88 Å². The van der Waals surface area contributed by atoms with Crippen molar-refractivity contribution >= 4 is 11.6 Å². The largest absolute Gasteiger partial charge is 0.126 e. The van der Waals surface area contributed by atoms with Gasteiger partial charge >= 0.3 is 0 Å². The molecule has 0 fully saturated rings. The van der Waals surface area contributed by atoms with E-state index in [-0.39, 0.29) is 0 Å². The molecule has 2 unspecified atom stereocenters. The van der Waals surface area contributed by atoms with E-state index < -0.39 is 0 Å². The van der Waals surface area contributed by atoms with Gasteiger partial charge in [0.25, 0.3) is 0 Å². The Labute approximate surface area is 82.7 Å². The zero-order chi connectivity index (χ0) is 9.56. The molecular formula is C11H23Cl. The SMILES string of the molecule is CCCC(C)C(CCl)CC(C)C. The highest BCUT2D eigenvalue weighted by Crippen LogP contribution is 2.25. The molecule has 0 bridgehead atoms. The van der Waals surface area contributed by atoms with Crippen LogP contribution in [0.5, 0.6) is 0 Å². The van der Waals surface area contributed by atoms with Crippen LogP contribution in [0.2, 0.25) is 0 Å². The lowest BCUT2D eigenvalue weighted by atomic mass is 9.85. The average molecular weight is 191 g/mol. The van der Waals surface area contributed by atoms with Crippen LogP contribution in [-0.4, -0.2) is 5.88 Å². The minimum absolute atomic E-state index is 0.728. The van der Waals surface area contributed by atoms with Gasteiger partial charge in [-0.05, 0) is 24.2 Å². The molecule has 0 nitrogen and oxygen atoms in total. The van der Waals surface area contributed by atoms with Crippen LogP contribution in [0, 0.1) is 17.8 Å². The molecule has 0 N–H and O–H groups in total. The molecular weight excluding hydrogens is 168 g/mol. The van der Waals surface area contributed by atoms with Gasteiger partial charge in [-0.2, -0.15) is 0 Å². The fourth-order valence-corrected chi connectivity index (χ4v) is 2.17. The first kappa shape index (κ1) is 12.3. The topological polar surface area (TPSA) is 0 Å². The van der Waals surface area contributed by atoms with Gasteiger partial charge in [0.1, 0.15) is 0 Å². The smallest absolute Gasteiger partial charge is 0.0254 e. The zero-order valence-corrected chi connectivity index (χ0v) is 9.69. The molecule has 0 amide bonds. The minimum Gasteiger partial charge on any atom is -0.126 e. The van der Waals surface area contributed by atoms with E-state index in [9.17, 15) is 0 Å². The van der Waals surface area contributed by atoms with Gasteiger partial charge in [-0.15, -0.1) is 11.6 Å². The second kappa shape index (κ2) is 6.77. The predicted octanol–water partition coefficient (Wildman–Crippen LogP) is 4.32. The fourth-order valence-electron chi connectivity index (χ4n) is 1.74. The Kier molecular flexibility index (Phi) is 6.93. The Morgan fingerprint density at radius 3 is 2.08 bits per heavy atom. The first-order chi connectivity index (χ1) is 5.61. The molecule has 74 valence electrons. The first-order valence-corrected chi connectivity index (χ1v) is 5.71.